The first-order chi connectivity index (χ1) is 22.0. The summed E-state index contributed by atoms with van der Waals surface area (Å²) < 4.78 is 156. The van der Waals surface area contributed by atoms with Gasteiger partial charge in [-0.1, -0.05) is 0 Å². The zero-order valence-electron chi connectivity index (χ0n) is 23.6. The fraction of sp³-hybridized carbons (Fsp3) is 0.182. The van der Waals surface area contributed by atoms with Gasteiger partial charge in [0, 0.05) is 0 Å². The monoisotopic (exact) mass is 769 g/mol. The van der Waals surface area contributed by atoms with Crippen molar-refractivity contribution in [3.8, 4) is 0 Å². The first-order valence-electron chi connectivity index (χ1n) is 12.4. The topological polar surface area (TPSA) is 360 Å². The molecular formula is C22H21N6O15S5-3. The summed E-state index contributed by atoms with van der Waals surface area (Å²) in [5.41, 5.74) is 9.77. The Morgan fingerprint density at radius 2 is 0.958 bits per heavy atom. The van der Waals surface area contributed by atoms with Crippen LogP contribution in [-0.4, -0.2) is 80.5 Å². The number of nitrogen functional groups attached to an aromatic ring is 2. The number of hydrogen-bond donors (Lipinski definition) is 2. The molecule has 262 valence electrons. The van der Waals surface area contributed by atoms with Gasteiger partial charge in [0.1, 0.15) is 21.5 Å². The Morgan fingerprint density at radius 3 is 1.33 bits per heavy atom. The molecule has 0 heterocycles. The largest absolute Gasteiger partial charge is 0.744 e. The lowest BCUT2D eigenvalue weighted by molar-refractivity contribution is 0.274. The van der Waals surface area contributed by atoms with E-state index in [-0.39, 0.29) is 21.2 Å². The highest BCUT2D eigenvalue weighted by atomic mass is 32.3. The van der Waals surface area contributed by atoms with E-state index in [1.165, 1.54) is 0 Å². The Morgan fingerprint density at radius 1 is 0.562 bits per heavy atom. The average molecular weight is 770 g/mol. The van der Waals surface area contributed by atoms with E-state index in [0.717, 1.165) is 48.5 Å². The molecule has 0 aliphatic rings. The molecular weight excluding hydrogens is 749 g/mol. The molecule has 0 atom stereocenters. The number of benzene rings is 3. The van der Waals surface area contributed by atoms with Crippen LogP contribution >= 0.6 is 0 Å². The van der Waals surface area contributed by atoms with Crippen molar-refractivity contribution in [2.24, 2.45) is 20.5 Å². The van der Waals surface area contributed by atoms with Crippen molar-refractivity contribution in [1.82, 2.24) is 0 Å². The maximum atomic E-state index is 12.3. The van der Waals surface area contributed by atoms with Crippen LogP contribution in [0, 0.1) is 0 Å². The molecule has 3 aromatic carbocycles. The predicted octanol–water partition coefficient (Wildman–Crippen LogP) is 1.09. The summed E-state index contributed by atoms with van der Waals surface area (Å²) in [6.45, 7) is -1.84. The van der Waals surface area contributed by atoms with Crippen LogP contribution in [0.15, 0.2) is 89.7 Å². The molecule has 0 aliphatic heterocycles. The minimum atomic E-state index is -5.24. The van der Waals surface area contributed by atoms with Crippen LogP contribution in [0.2, 0.25) is 0 Å². The Bertz CT molecular complexity index is 2290. The second-order valence-corrected chi connectivity index (χ2v) is 16.7. The zero-order valence-corrected chi connectivity index (χ0v) is 27.7. The van der Waals surface area contributed by atoms with E-state index in [4.69, 9.17) is 11.5 Å². The SMILES string of the molecule is Nc1c(N=Nc2ccc(S(=O)(=O)CCOS(=O)(=O)[O-])cc2)cc(S(=O)(=O)[O-])c(N)c1N=Nc1ccc(S(=O)(=O)CCOS(=O)(=O)[O-])cc1. The maximum Gasteiger partial charge on any atom is 0.217 e. The lowest BCUT2D eigenvalue weighted by Gasteiger charge is -2.14. The van der Waals surface area contributed by atoms with Gasteiger partial charge < -0.3 is 25.1 Å². The fourth-order valence-electron chi connectivity index (χ4n) is 3.45. The van der Waals surface area contributed by atoms with E-state index in [1.807, 2.05) is 0 Å². The van der Waals surface area contributed by atoms with Crippen molar-refractivity contribution in [2.75, 3.05) is 36.2 Å². The lowest BCUT2D eigenvalue weighted by atomic mass is 10.2. The minimum Gasteiger partial charge on any atom is -0.744 e. The van der Waals surface area contributed by atoms with E-state index in [9.17, 15) is 55.7 Å². The molecule has 0 aliphatic carbocycles. The molecule has 0 bridgehead atoms. The Balaban J connectivity index is 1.88. The second kappa shape index (κ2) is 14.6. The van der Waals surface area contributed by atoms with Crippen LogP contribution in [0.25, 0.3) is 0 Å². The molecule has 0 radical (unpaired) electrons. The van der Waals surface area contributed by atoms with Crippen LogP contribution in [0.5, 0.6) is 0 Å². The van der Waals surface area contributed by atoms with E-state index in [0.29, 0.717) is 6.07 Å². The molecule has 26 heteroatoms. The third-order valence-corrected chi connectivity index (χ3v) is 10.9. The van der Waals surface area contributed by atoms with Gasteiger partial charge in [-0.25, -0.2) is 42.1 Å². The predicted molar refractivity (Wildman–Crippen MR) is 160 cm³/mol. The van der Waals surface area contributed by atoms with Crippen molar-refractivity contribution in [1.29, 1.82) is 0 Å². The van der Waals surface area contributed by atoms with Gasteiger partial charge in [-0.05, 0) is 54.6 Å². The van der Waals surface area contributed by atoms with E-state index >= 15 is 0 Å². The minimum absolute atomic E-state index is 0.00507. The third-order valence-electron chi connectivity index (χ3n) is 5.68. The highest BCUT2D eigenvalue weighted by Crippen LogP contribution is 2.43. The molecule has 0 saturated heterocycles. The second-order valence-electron chi connectivity index (χ2n) is 9.01. The third kappa shape index (κ3) is 11.0. The van der Waals surface area contributed by atoms with Gasteiger partial charge in [0.15, 0.2) is 19.7 Å². The number of nitrogens with zero attached hydrogens (tertiary/aromatic N) is 4. The van der Waals surface area contributed by atoms with Gasteiger partial charge >= 0.3 is 0 Å². The van der Waals surface area contributed by atoms with Crippen molar-refractivity contribution in [3.05, 3.63) is 54.6 Å². The standard InChI is InChI=1S/C22H24N6O15S5/c23-20-18(27-25-14-1-5-16(6-2-14)44(29,30)11-9-42-47(36,37)38)13-19(46(33,34)35)21(24)22(20)28-26-15-3-7-17(8-4-15)45(31,32)12-10-43-48(39,40)41/h1-8,13H,9-12,23-24H2,(H,33,34,35)(H,36,37,38)(H,39,40,41)/p-3. The van der Waals surface area contributed by atoms with Crippen molar-refractivity contribution >= 4 is 84.7 Å². The first kappa shape index (κ1) is 38.5. The molecule has 4 N–H and O–H groups in total. The van der Waals surface area contributed by atoms with Gasteiger partial charge in [-0.2, -0.15) is 10.2 Å². The molecule has 3 aromatic rings. The van der Waals surface area contributed by atoms with Crippen molar-refractivity contribution < 1.29 is 64.1 Å². The number of anilines is 2. The molecule has 0 saturated carbocycles. The highest BCUT2D eigenvalue weighted by Gasteiger charge is 2.20. The van der Waals surface area contributed by atoms with E-state index in [1.54, 1.807) is 0 Å². The summed E-state index contributed by atoms with van der Waals surface area (Å²) in [5.74, 6) is -1.68. The van der Waals surface area contributed by atoms with Gasteiger partial charge in [0.2, 0.25) is 20.8 Å². The highest BCUT2D eigenvalue weighted by molar-refractivity contribution is 7.91. The Hall–Kier alpha value is -3.99. The molecule has 48 heavy (non-hydrogen) atoms. The summed E-state index contributed by atoms with van der Waals surface area (Å²) in [6, 6.07) is 9.55. The molecule has 0 unspecified atom stereocenters. The summed E-state index contributed by atoms with van der Waals surface area (Å²) in [5, 5.41) is 15.2. The van der Waals surface area contributed by atoms with Gasteiger partial charge in [0.25, 0.3) is 0 Å². The normalized spacial score (nSPS) is 13.4. The lowest BCUT2D eigenvalue weighted by Crippen LogP contribution is -2.15. The summed E-state index contributed by atoms with van der Waals surface area (Å²) >= 11 is 0. The van der Waals surface area contributed by atoms with Crippen LogP contribution in [0.4, 0.5) is 34.1 Å². The number of rotatable bonds is 15. The van der Waals surface area contributed by atoms with Crippen LogP contribution in [-0.2, 0) is 59.0 Å². The van der Waals surface area contributed by atoms with Gasteiger partial charge in [0.05, 0.1) is 62.2 Å². The number of azo groups is 2. The zero-order chi connectivity index (χ0) is 36.1. The molecule has 0 spiro atoms. The van der Waals surface area contributed by atoms with Crippen molar-refractivity contribution in [2.45, 2.75) is 14.7 Å². The number of hydrogen-bond acceptors (Lipinski definition) is 21. The summed E-state index contributed by atoms with van der Waals surface area (Å²) in [7, 11) is -23.6. The smallest absolute Gasteiger partial charge is 0.217 e. The summed E-state index contributed by atoms with van der Waals surface area (Å²) in [4.78, 5) is -1.59. The van der Waals surface area contributed by atoms with Gasteiger partial charge in [-0.3, -0.25) is 8.37 Å². The summed E-state index contributed by atoms with van der Waals surface area (Å²) in [6.07, 6.45) is 0. The number of nitrogens with two attached hydrogens (primary N) is 2. The average Bonchev–Trinajstić information content (AvgIpc) is 2.95. The molecule has 3 rings (SSSR count). The van der Waals surface area contributed by atoms with Crippen LogP contribution in [0.3, 0.4) is 0 Å². The fourth-order valence-corrected chi connectivity index (χ4v) is 7.03. The van der Waals surface area contributed by atoms with Gasteiger partial charge in [-0.15, -0.1) is 10.2 Å². The molecule has 21 nitrogen and oxygen atoms in total. The molecule has 0 aromatic heterocycles. The number of sulfone groups is 2. The first-order valence-corrected chi connectivity index (χ1v) is 19.7. The molecule has 0 fully saturated rings. The Kier molecular flexibility index (Phi) is 11.7. The Labute approximate surface area is 273 Å². The quantitative estimate of drug-likeness (QED) is 0.0945. The van der Waals surface area contributed by atoms with E-state index < -0.39 is 103 Å². The maximum absolute atomic E-state index is 12.3. The molecule has 0 amide bonds. The van der Waals surface area contributed by atoms with E-state index in [2.05, 4.69) is 28.8 Å². The van der Waals surface area contributed by atoms with Crippen LogP contribution < -0.4 is 11.5 Å². The van der Waals surface area contributed by atoms with Crippen LogP contribution in [0.1, 0.15) is 0 Å². The van der Waals surface area contributed by atoms with Crippen molar-refractivity contribution in [3.63, 3.8) is 0 Å².